The zero-order valence-electron chi connectivity index (χ0n) is 10.2. The van der Waals surface area contributed by atoms with Crippen LogP contribution in [0.2, 0.25) is 0 Å². The molecule has 0 unspecified atom stereocenters. The first-order chi connectivity index (χ1) is 6.63. The van der Waals surface area contributed by atoms with Gasteiger partial charge in [-0.3, -0.25) is 4.90 Å². The zero-order valence-corrected chi connectivity index (χ0v) is 11.0. The second kappa shape index (κ2) is 5.41. The lowest BCUT2D eigenvalue weighted by Crippen LogP contribution is -2.41. The summed E-state index contributed by atoms with van der Waals surface area (Å²) in [6.07, 6.45) is 2.67. The first kappa shape index (κ1) is 12.4. The van der Waals surface area contributed by atoms with Crippen LogP contribution in [0.4, 0.5) is 0 Å². The third-order valence-electron chi connectivity index (χ3n) is 3.70. The largest absolute Gasteiger partial charge is 0.300 e. The Morgan fingerprint density at radius 1 is 1.29 bits per heavy atom. The van der Waals surface area contributed by atoms with E-state index in [2.05, 4.69) is 44.4 Å². The molecule has 0 aliphatic carbocycles. The summed E-state index contributed by atoms with van der Waals surface area (Å²) in [4.78, 5) is 2.66. The molecule has 0 saturated carbocycles. The molecule has 0 spiro atoms. The number of hydrogen-bond acceptors (Lipinski definition) is 2. The number of nitrogens with zero attached hydrogens (tertiary/aromatic N) is 1. The van der Waals surface area contributed by atoms with Crippen molar-refractivity contribution >= 4 is 11.8 Å². The molecule has 0 N–H and O–H groups in total. The smallest absolute Gasteiger partial charge is 0.00753 e. The van der Waals surface area contributed by atoms with Gasteiger partial charge < -0.3 is 0 Å². The van der Waals surface area contributed by atoms with E-state index in [0.29, 0.717) is 11.5 Å². The van der Waals surface area contributed by atoms with E-state index in [0.717, 1.165) is 0 Å². The van der Waals surface area contributed by atoms with Crippen LogP contribution in [0.25, 0.3) is 0 Å². The quantitative estimate of drug-likeness (QED) is 0.711. The molecule has 0 amide bonds. The molecule has 2 heteroatoms. The summed E-state index contributed by atoms with van der Waals surface area (Å²) in [5, 5.41) is 0. The van der Waals surface area contributed by atoms with Gasteiger partial charge in [-0.1, -0.05) is 13.8 Å². The molecule has 0 bridgehead atoms. The number of thioether (sulfide) groups is 1. The Morgan fingerprint density at radius 2 is 1.93 bits per heavy atom. The van der Waals surface area contributed by atoms with Gasteiger partial charge in [0.1, 0.15) is 0 Å². The Kier molecular flexibility index (Phi) is 4.78. The fraction of sp³-hybridized carbons (Fsp3) is 1.00. The molecule has 0 atom stereocenters. The van der Waals surface area contributed by atoms with Crippen molar-refractivity contribution in [2.45, 2.75) is 46.6 Å². The molecule has 1 heterocycles. The number of rotatable bonds is 3. The predicted octanol–water partition coefficient (Wildman–Crippen LogP) is 3.25. The molecule has 1 aliphatic rings. The highest BCUT2D eigenvalue weighted by atomic mass is 32.2. The van der Waals surface area contributed by atoms with Crippen LogP contribution >= 0.6 is 11.8 Å². The summed E-state index contributed by atoms with van der Waals surface area (Å²) in [6.45, 7) is 12.0. The maximum atomic E-state index is 2.66. The average molecular weight is 215 g/mol. The summed E-state index contributed by atoms with van der Waals surface area (Å²) in [6, 6.07) is 0.714. The second-order valence-corrected chi connectivity index (χ2v) is 5.93. The molecule has 14 heavy (non-hydrogen) atoms. The summed E-state index contributed by atoms with van der Waals surface area (Å²) in [7, 11) is 0. The zero-order chi connectivity index (χ0) is 10.6. The van der Waals surface area contributed by atoms with Gasteiger partial charge in [0.05, 0.1) is 0 Å². The Labute approximate surface area is 93.6 Å². The molecule has 0 aromatic rings. The van der Waals surface area contributed by atoms with E-state index in [1.165, 1.54) is 37.4 Å². The van der Waals surface area contributed by atoms with Crippen molar-refractivity contribution in [3.05, 3.63) is 0 Å². The van der Waals surface area contributed by atoms with Crippen LogP contribution in [0.5, 0.6) is 0 Å². The first-order valence-electron chi connectivity index (χ1n) is 5.95. The molecule has 1 rings (SSSR count). The molecular formula is C12H25NS. The van der Waals surface area contributed by atoms with E-state index in [1.54, 1.807) is 0 Å². The van der Waals surface area contributed by atoms with Crippen LogP contribution in [0.1, 0.15) is 40.5 Å². The van der Waals surface area contributed by atoms with Gasteiger partial charge in [0.25, 0.3) is 0 Å². The third kappa shape index (κ3) is 2.90. The van der Waals surface area contributed by atoms with Gasteiger partial charge in [-0.2, -0.15) is 11.8 Å². The Balaban J connectivity index is 2.67. The van der Waals surface area contributed by atoms with Crippen molar-refractivity contribution in [2.24, 2.45) is 5.41 Å². The Hall–Kier alpha value is 0.310. The van der Waals surface area contributed by atoms with Gasteiger partial charge in [-0.15, -0.1) is 0 Å². The normalized spacial score (nSPS) is 23.8. The molecule has 1 saturated heterocycles. The topological polar surface area (TPSA) is 3.24 Å². The van der Waals surface area contributed by atoms with Gasteiger partial charge in [0.15, 0.2) is 0 Å². The van der Waals surface area contributed by atoms with Crippen molar-refractivity contribution in [1.29, 1.82) is 0 Å². The summed E-state index contributed by atoms with van der Waals surface area (Å²) in [5.41, 5.74) is 0.589. The molecule has 1 nitrogen and oxygen atoms in total. The van der Waals surface area contributed by atoms with E-state index < -0.39 is 0 Å². The molecule has 0 aromatic heterocycles. The van der Waals surface area contributed by atoms with Crippen molar-refractivity contribution < 1.29 is 0 Å². The van der Waals surface area contributed by atoms with Gasteiger partial charge >= 0.3 is 0 Å². The van der Waals surface area contributed by atoms with E-state index >= 15 is 0 Å². The van der Waals surface area contributed by atoms with Gasteiger partial charge in [-0.25, -0.2) is 0 Å². The van der Waals surface area contributed by atoms with Crippen molar-refractivity contribution in [3.8, 4) is 0 Å². The predicted molar refractivity (Wildman–Crippen MR) is 67.0 cm³/mol. The van der Waals surface area contributed by atoms with Gasteiger partial charge in [-0.05, 0) is 32.1 Å². The van der Waals surface area contributed by atoms with E-state index in [9.17, 15) is 0 Å². The van der Waals surface area contributed by atoms with Crippen LogP contribution in [0.3, 0.4) is 0 Å². The highest BCUT2D eigenvalue weighted by Crippen LogP contribution is 2.34. The van der Waals surface area contributed by atoms with Gasteiger partial charge in [0, 0.05) is 30.6 Å². The Bertz CT molecular complexity index is 164. The van der Waals surface area contributed by atoms with E-state index in [4.69, 9.17) is 0 Å². The van der Waals surface area contributed by atoms with Crippen LogP contribution < -0.4 is 0 Å². The molecule has 84 valence electrons. The monoisotopic (exact) mass is 215 g/mol. The lowest BCUT2D eigenvalue weighted by molar-refractivity contribution is 0.140. The first-order valence-corrected chi connectivity index (χ1v) is 7.11. The lowest BCUT2D eigenvalue weighted by Gasteiger charge is -2.36. The van der Waals surface area contributed by atoms with Crippen LogP contribution in [0, 0.1) is 5.41 Å². The lowest BCUT2D eigenvalue weighted by atomic mass is 9.83. The fourth-order valence-electron chi connectivity index (χ4n) is 2.14. The fourth-order valence-corrected chi connectivity index (χ4v) is 3.58. The third-order valence-corrected chi connectivity index (χ3v) is 4.99. The van der Waals surface area contributed by atoms with E-state index in [-0.39, 0.29) is 0 Å². The van der Waals surface area contributed by atoms with Crippen molar-refractivity contribution in [3.63, 3.8) is 0 Å². The molecule has 0 aromatic carbocycles. The molecule has 1 aliphatic heterocycles. The van der Waals surface area contributed by atoms with Crippen molar-refractivity contribution in [2.75, 3.05) is 24.6 Å². The standard InChI is InChI=1S/C12H25NS/c1-5-12(6-2)9-13(11(3)4)7-8-14-10-12/h11H,5-10H2,1-4H3. The van der Waals surface area contributed by atoms with Crippen molar-refractivity contribution in [1.82, 2.24) is 4.90 Å². The second-order valence-electron chi connectivity index (χ2n) is 4.82. The maximum Gasteiger partial charge on any atom is 0.00753 e. The number of hydrogen-bond donors (Lipinski definition) is 0. The maximum absolute atomic E-state index is 2.66. The molecular weight excluding hydrogens is 190 g/mol. The summed E-state index contributed by atoms with van der Waals surface area (Å²) >= 11 is 2.15. The van der Waals surface area contributed by atoms with Crippen LogP contribution in [-0.2, 0) is 0 Å². The van der Waals surface area contributed by atoms with Gasteiger partial charge in [0.2, 0.25) is 0 Å². The highest BCUT2D eigenvalue weighted by Gasteiger charge is 2.31. The minimum atomic E-state index is 0.589. The minimum absolute atomic E-state index is 0.589. The average Bonchev–Trinajstić information content (AvgIpc) is 2.40. The minimum Gasteiger partial charge on any atom is -0.300 e. The molecule has 1 fully saturated rings. The SMILES string of the molecule is CCC1(CC)CSCCN(C(C)C)C1. The highest BCUT2D eigenvalue weighted by molar-refractivity contribution is 7.99. The summed E-state index contributed by atoms with van der Waals surface area (Å²) < 4.78 is 0. The summed E-state index contributed by atoms with van der Waals surface area (Å²) in [5.74, 6) is 2.68. The van der Waals surface area contributed by atoms with E-state index in [1.807, 2.05) is 0 Å². The molecule has 0 radical (unpaired) electrons. The van der Waals surface area contributed by atoms with Crippen LogP contribution in [0.15, 0.2) is 0 Å². The Morgan fingerprint density at radius 3 is 2.43 bits per heavy atom. The van der Waals surface area contributed by atoms with Crippen LogP contribution in [-0.4, -0.2) is 35.5 Å².